The maximum Gasteiger partial charge on any atom is 0.303 e. The highest BCUT2D eigenvalue weighted by Gasteiger charge is 2.47. The van der Waals surface area contributed by atoms with Gasteiger partial charge in [-0.3, -0.25) is 24.0 Å². The van der Waals surface area contributed by atoms with Gasteiger partial charge in [-0.05, 0) is 20.3 Å². The van der Waals surface area contributed by atoms with E-state index < -0.39 is 97.6 Å². The monoisotopic (exact) mass is 522 g/mol. The molecule has 0 saturated carbocycles. The zero-order valence-corrected chi connectivity index (χ0v) is 20.0. The van der Waals surface area contributed by atoms with Gasteiger partial charge in [0, 0.05) is 13.3 Å². The largest absolute Gasteiger partial charge is 0.481 e. The summed E-state index contributed by atoms with van der Waals surface area (Å²) in [7, 11) is 0. The first kappa shape index (κ1) is 31.1. The van der Waals surface area contributed by atoms with Crippen LogP contribution in [-0.2, 0) is 33.4 Å². The lowest BCUT2D eigenvalue weighted by molar-refractivity contribution is -0.266. The molecule has 0 aromatic heterocycles. The third kappa shape index (κ3) is 8.96. The first-order chi connectivity index (χ1) is 16.7. The second kappa shape index (κ2) is 14.0. The molecule has 9 atom stereocenters. The lowest BCUT2D eigenvalue weighted by Crippen LogP contribution is -2.66. The summed E-state index contributed by atoms with van der Waals surface area (Å²) in [5, 5.41) is 55.5. The molecule has 36 heavy (non-hydrogen) atoms. The van der Waals surface area contributed by atoms with Crippen LogP contribution in [0.2, 0.25) is 0 Å². The number of ether oxygens (including phenoxy) is 2. The normalized spacial score (nSPS) is 27.1. The number of aliphatic hydroxyl groups excluding tert-OH is 4. The Labute approximate surface area is 206 Å². The van der Waals surface area contributed by atoms with Crippen molar-refractivity contribution in [3.63, 3.8) is 0 Å². The van der Waals surface area contributed by atoms with Crippen LogP contribution >= 0.6 is 0 Å². The van der Waals surface area contributed by atoms with Crippen molar-refractivity contribution in [2.75, 3.05) is 6.61 Å². The highest BCUT2D eigenvalue weighted by atomic mass is 16.6. The summed E-state index contributed by atoms with van der Waals surface area (Å²) < 4.78 is 10.6. The molecule has 1 heterocycles. The van der Waals surface area contributed by atoms with Crippen molar-refractivity contribution < 1.29 is 59.0 Å². The molecule has 16 heteroatoms. The van der Waals surface area contributed by atoms with Crippen molar-refractivity contribution in [1.29, 1.82) is 0 Å². The van der Waals surface area contributed by atoms with E-state index in [0.717, 1.165) is 6.92 Å². The van der Waals surface area contributed by atoms with Gasteiger partial charge < -0.3 is 56.7 Å². The summed E-state index contributed by atoms with van der Waals surface area (Å²) in [5.41, 5.74) is 5.18. The molecule has 0 radical (unpaired) electrons. The number of carbonyl (C=O) groups excluding carboxylic acids is 4. The van der Waals surface area contributed by atoms with Crippen LogP contribution in [0.4, 0.5) is 0 Å². The van der Waals surface area contributed by atoms with Crippen molar-refractivity contribution in [3.05, 3.63) is 0 Å². The fourth-order valence-corrected chi connectivity index (χ4v) is 3.42. The van der Waals surface area contributed by atoms with E-state index in [1.807, 2.05) is 0 Å². The number of primary amides is 1. The molecule has 10 N–H and O–H groups in total. The van der Waals surface area contributed by atoms with Gasteiger partial charge >= 0.3 is 5.97 Å². The highest BCUT2D eigenvalue weighted by Crippen LogP contribution is 2.23. The van der Waals surface area contributed by atoms with E-state index in [-0.39, 0.29) is 6.42 Å². The van der Waals surface area contributed by atoms with Gasteiger partial charge in [0.2, 0.25) is 23.6 Å². The van der Waals surface area contributed by atoms with Crippen LogP contribution in [0.3, 0.4) is 0 Å². The summed E-state index contributed by atoms with van der Waals surface area (Å²) in [6, 6.07) is -4.32. The van der Waals surface area contributed by atoms with E-state index in [1.54, 1.807) is 0 Å². The van der Waals surface area contributed by atoms with E-state index in [0.29, 0.717) is 0 Å². The molecule has 1 saturated heterocycles. The van der Waals surface area contributed by atoms with E-state index in [2.05, 4.69) is 16.0 Å². The number of aliphatic hydroxyl groups is 4. The van der Waals surface area contributed by atoms with Crippen molar-refractivity contribution in [2.24, 2.45) is 5.73 Å². The van der Waals surface area contributed by atoms with Crippen molar-refractivity contribution >= 4 is 29.6 Å². The number of carboxylic acid groups (broad SMARTS) is 1. The van der Waals surface area contributed by atoms with Crippen LogP contribution in [0.25, 0.3) is 0 Å². The minimum atomic E-state index is -1.69. The predicted octanol–water partition coefficient (Wildman–Crippen LogP) is -4.96. The summed E-state index contributed by atoms with van der Waals surface area (Å²) in [5.74, 6) is -4.86. The van der Waals surface area contributed by atoms with Crippen LogP contribution in [0.1, 0.15) is 33.6 Å². The third-order valence-corrected chi connectivity index (χ3v) is 5.34. The molecule has 4 amide bonds. The van der Waals surface area contributed by atoms with E-state index in [4.69, 9.17) is 20.3 Å². The SMILES string of the molecule is CC(=O)N[C@@H]1[C@@H](O[C@H](C)C(=O)N[C@H](C(=O)N[C@H](CCC(=O)O)C(N)=O)[C@@H](C)O)[C@H](O)[C@@H](CO)O[C@H]1O. The summed E-state index contributed by atoms with van der Waals surface area (Å²) in [4.78, 5) is 59.1. The molecule has 16 nitrogen and oxygen atoms in total. The molecule has 1 aliphatic heterocycles. The van der Waals surface area contributed by atoms with E-state index in [9.17, 15) is 44.4 Å². The second-order valence-electron chi connectivity index (χ2n) is 8.33. The molecule has 0 aliphatic carbocycles. The summed E-state index contributed by atoms with van der Waals surface area (Å²) in [6.45, 7) is 2.81. The summed E-state index contributed by atoms with van der Waals surface area (Å²) in [6.07, 6.45) is -9.70. The summed E-state index contributed by atoms with van der Waals surface area (Å²) >= 11 is 0. The van der Waals surface area contributed by atoms with Gasteiger partial charge in [0.25, 0.3) is 0 Å². The quantitative estimate of drug-likeness (QED) is 0.110. The van der Waals surface area contributed by atoms with Gasteiger partial charge in [0.15, 0.2) is 6.29 Å². The second-order valence-corrected chi connectivity index (χ2v) is 8.33. The smallest absolute Gasteiger partial charge is 0.303 e. The highest BCUT2D eigenvalue weighted by molar-refractivity contribution is 5.93. The van der Waals surface area contributed by atoms with Gasteiger partial charge in [-0.15, -0.1) is 0 Å². The first-order valence-corrected chi connectivity index (χ1v) is 11.0. The van der Waals surface area contributed by atoms with Gasteiger partial charge in [0.1, 0.15) is 42.5 Å². The Morgan fingerprint density at radius 3 is 2.17 bits per heavy atom. The average molecular weight is 523 g/mol. The number of carbonyl (C=O) groups is 5. The Balaban J connectivity index is 2.96. The minimum Gasteiger partial charge on any atom is -0.481 e. The van der Waals surface area contributed by atoms with Crippen LogP contribution < -0.4 is 21.7 Å². The van der Waals surface area contributed by atoms with Crippen LogP contribution in [0.5, 0.6) is 0 Å². The maximum absolute atomic E-state index is 12.7. The number of hydrogen-bond acceptors (Lipinski definition) is 11. The molecular weight excluding hydrogens is 488 g/mol. The minimum absolute atomic E-state index is 0.322. The molecule has 0 spiro atoms. The van der Waals surface area contributed by atoms with Crippen molar-refractivity contribution in [3.8, 4) is 0 Å². The lowest BCUT2D eigenvalue weighted by Gasteiger charge is -2.43. The Kier molecular flexibility index (Phi) is 12.1. The Morgan fingerprint density at radius 1 is 1.08 bits per heavy atom. The number of nitrogens with one attached hydrogen (secondary N) is 3. The number of hydrogen-bond donors (Lipinski definition) is 9. The molecule has 1 rings (SSSR count). The molecule has 206 valence electrons. The molecule has 0 aromatic carbocycles. The standard InChI is InChI=1S/C20H34N4O12/c1-7(26)13(19(33)23-10(17(21)31)4-5-12(28)29)24-18(32)8(2)35-16-14(22-9(3)27)20(34)36-11(6-25)15(16)30/h7-8,10-11,13-16,20,25-26,30,34H,4-6H2,1-3H3,(H2,21,31)(H,22,27)(H,23,33)(H,24,32)(H,28,29)/t7-,8-,10-,11-,13+,14-,15-,16-,20-/m1/s1. The molecule has 0 unspecified atom stereocenters. The fraction of sp³-hybridized carbons (Fsp3) is 0.750. The van der Waals surface area contributed by atoms with Gasteiger partial charge in [-0.1, -0.05) is 0 Å². The third-order valence-electron chi connectivity index (χ3n) is 5.34. The van der Waals surface area contributed by atoms with Crippen molar-refractivity contribution in [2.45, 2.75) is 88.5 Å². The maximum atomic E-state index is 12.7. The lowest BCUT2D eigenvalue weighted by atomic mass is 9.96. The molecule has 1 aliphatic rings. The van der Waals surface area contributed by atoms with Crippen molar-refractivity contribution in [1.82, 2.24) is 16.0 Å². The number of nitrogens with two attached hydrogens (primary N) is 1. The Hall–Kier alpha value is -2.89. The number of rotatable bonds is 13. The fourth-order valence-electron chi connectivity index (χ4n) is 3.42. The molecule has 1 fully saturated rings. The van der Waals surface area contributed by atoms with Gasteiger partial charge in [0.05, 0.1) is 12.7 Å². The van der Waals surface area contributed by atoms with Crippen LogP contribution in [0.15, 0.2) is 0 Å². The van der Waals surface area contributed by atoms with E-state index >= 15 is 0 Å². The number of amides is 4. The number of carboxylic acids is 1. The van der Waals surface area contributed by atoms with Gasteiger partial charge in [-0.25, -0.2) is 0 Å². The topological polar surface area (TPSA) is 267 Å². The number of aliphatic carboxylic acids is 1. The first-order valence-electron chi connectivity index (χ1n) is 11.0. The molecular formula is C20H34N4O12. The molecule has 0 bridgehead atoms. The zero-order chi connectivity index (χ0) is 27.7. The molecule has 0 aromatic rings. The van der Waals surface area contributed by atoms with Gasteiger partial charge in [-0.2, -0.15) is 0 Å². The van der Waals surface area contributed by atoms with Crippen LogP contribution in [-0.4, -0.2) is 117 Å². The Bertz CT molecular complexity index is 810. The predicted molar refractivity (Wildman–Crippen MR) is 118 cm³/mol. The van der Waals surface area contributed by atoms with Crippen LogP contribution in [0, 0.1) is 0 Å². The van der Waals surface area contributed by atoms with E-state index in [1.165, 1.54) is 13.8 Å². The average Bonchev–Trinajstić information content (AvgIpc) is 2.77. The zero-order valence-electron chi connectivity index (χ0n) is 20.0. The Morgan fingerprint density at radius 2 is 1.69 bits per heavy atom.